The first-order chi connectivity index (χ1) is 13.9. The van der Waals surface area contributed by atoms with E-state index < -0.39 is 15.4 Å². The Morgan fingerprint density at radius 1 is 1.00 bits per heavy atom. The van der Waals surface area contributed by atoms with Crippen molar-refractivity contribution in [2.24, 2.45) is 0 Å². The van der Waals surface area contributed by atoms with Crippen molar-refractivity contribution in [3.05, 3.63) is 48.0 Å². The lowest BCUT2D eigenvalue weighted by Crippen LogP contribution is -2.36. The zero-order valence-electron chi connectivity index (χ0n) is 16.4. The van der Waals surface area contributed by atoms with Crippen LogP contribution in [0.1, 0.15) is 31.2 Å². The number of ether oxygens (including phenoxy) is 2. The minimum absolute atomic E-state index is 0.0710. The van der Waals surface area contributed by atoms with E-state index in [9.17, 15) is 13.2 Å². The number of hydrogen-bond acceptors (Lipinski definition) is 5. The predicted molar refractivity (Wildman–Crippen MR) is 109 cm³/mol. The third-order valence-corrected chi connectivity index (χ3v) is 6.83. The van der Waals surface area contributed by atoms with Gasteiger partial charge in [-0.3, -0.25) is 9.52 Å². The Kier molecular flexibility index (Phi) is 4.90. The van der Waals surface area contributed by atoms with Gasteiger partial charge in [-0.25, -0.2) is 8.42 Å². The predicted octanol–water partition coefficient (Wildman–Crippen LogP) is 2.81. The number of methoxy groups -OCH3 is 2. The lowest BCUT2D eigenvalue weighted by atomic mass is 9.95. The van der Waals surface area contributed by atoms with Crippen molar-refractivity contribution in [1.82, 2.24) is 5.32 Å². The lowest BCUT2D eigenvalue weighted by Gasteiger charge is -2.16. The summed E-state index contributed by atoms with van der Waals surface area (Å²) in [6.45, 7) is 0. The molecule has 2 aromatic carbocycles. The van der Waals surface area contributed by atoms with Crippen molar-refractivity contribution < 1.29 is 22.7 Å². The van der Waals surface area contributed by atoms with Gasteiger partial charge in [-0.15, -0.1) is 0 Å². The Bertz CT molecular complexity index is 1030. The van der Waals surface area contributed by atoms with Crippen LogP contribution in [0.2, 0.25) is 0 Å². The van der Waals surface area contributed by atoms with Gasteiger partial charge in [-0.2, -0.15) is 0 Å². The standard InChI is InChI=1S/C21H24N2O5S/c1-27-18-10-9-17(13-19(18)28-2)29(25,26)23-16-5-3-14(4-6-16)21(11-12-21)20(24)22-15-7-8-15/h3-6,9-10,13,15,23H,7-8,11-12H2,1-2H3,(H,22,24). The van der Waals surface area contributed by atoms with Gasteiger partial charge in [0.1, 0.15) is 0 Å². The number of carbonyl (C=O) groups excluding carboxylic acids is 1. The first-order valence-electron chi connectivity index (χ1n) is 9.54. The summed E-state index contributed by atoms with van der Waals surface area (Å²) in [6, 6.07) is 11.8. The molecule has 2 aromatic rings. The Balaban J connectivity index is 1.50. The molecule has 2 N–H and O–H groups in total. The summed E-state index contributed by atoms with van der Waals surface area (Å²) in [4.78, 5) is 12.6. The van der Waals surface area contributed by atoms with Crippen LogP contribution in [0.5, 0.6) is 11.5 Å². The molecule has 2 aliphatic carbocycles. The van der Waals surface area contributed by atoms with Gasteiger partial charge >= 0.3 is 0 Å². The minimum atomic E-state index is -3.79. The molecule has 0 aliphatic heterocycles. The van der Waals surface area contributed by atoms with Crippen molar-refractivity contribution in [2.75, 3.05) is 18.9 Å². The van der Waals surface area contributed by atoms with Gasteiger partial charge in [-0.05, 0) is 55.5 Å². The molecule has 0 saturated heterocycles. The molecule has 0 atom stereocenters. The second-order valence-electron chi connectivity index (χ2n) is 7.53. The fourth-order valence-electron chi connectivity index (χ4n) is 3.38. The lowest BCUT2D eigenvalue weighted by molar-refractivity contribution is -0.123. The molecule has 7 nitrogen and oxygen atoms in total. The van der Waals surface area contributed by atoms with E-state index in [4.69, 9.17) is 9.47 Å². The molecule has 2 fully saturated rings. The molecule has 2 aliphatic rings. The Labute approximate surface area is 170 Å². The Morgan fingerprint density at radius 3 is 2.21 bits per heavy atom. The summed E-state index contributed by atoms with van der Waals surface area (Å²) in [5.74, 6) is 0.872. The summed E-state index contributed by atoms with van der Waals surface area (Å²) in [6.07, 6.45) is 3.75. The van der Waals surface area contributed by atoms with Crippen molar-refractivity contribution in [1.29, 1.82) is 0 Å². The van der Waals surface area contributed by atoms with Crippen LogP contribution in [0.4, 0.5) is 5.69 Å². The van der Waals surface area contributed by atoms with Crippen LogP contribution >= 0.6 is 0 Å². The maximum Gasteiger partial charge on any atom is 0.262 e. The van der Waals surface area contributed by atoms with Gasteiger partial charge in [-0.1, -0.05) is 12.1 Å². The third-order valence-electron chi connectivity index (χ3n) is 5.45. The SMILES string of the molecule is COc1ccc(S(=O)(=O)Nc2ccc(C3(C(=O)NC4CC4)CC3)cc2)cc1OC. The number of rotatable bonds is 8. The highest BCUT2D eigenvalue weighted by molar-refractivity contribution is 7.92. The number of sulfonamides is 1. The third kappa shape index (κ3) is 3.89. The fourth-order valence-corrected chi connectivity index (χ4v) is 4.45. The van der Waals surface area contributed by atoms with E-state index in [1.165, 1.54) is 26.4 Å². The molecule has 154 valence electrons. The zero-order chi connectivity index (χ0) is 20.6. The maximum atomic E-state index is 12.7. The number of hydrogen-bond donors (Lipinski definition) is 2. The number of benzene rings is 2. The average Bonchev–Trinajstić information content (AvgIpc) is 3.62. The molecule has 1 amide bonds. The molecule has 0 radical (unpaired) electrons. The van der Waals surface area contributed by atoms with Gasteiger partial charge in [0.25, 0.3) is 10.0 Å². The molecule has 0 bridgehead atoms. The summed E-state index contributed by atoms with van der Waals surface area (Å²) in [5.41, 5.74) is 0.898. The molecule has 0 unspecified atom stereocenters. The summed E-state index contributed by atoms with van der Waals surface area (Å²) in [7, 11) is -0.851. The molecular formula is C21H24N2O5S. The van der Waals surface area contributed by atoms with E-state index in [1.54, 1.807) is 18.2 Å². The van der Waals surface area contributed by atoms with Crippen LogP contribution in [0.3, 0.4) is 0 Å². The zero-order valence-corrected chi connectivity index (χ0v) is 17.2. The summed E-state index contributed by atoms with van der Waals surface area (Å²) >= 11 is 0. The van der Waals surface area contributed by atoms with Crippen molar-refractivity contribution in [3.8, 4) is 11.5 Å². The quantitative estimate of drug-likeness (QED) is 0.690. The van der Waals surface area contributed by atoms with Crippen LogP contribution in [-0.4, -0.2) is 34.6 Å². The first-order valence-corrected chi connectivity index (χ1v) is 11.0. The van der Waals surface area contributed by atoms with Crippen molar-refractivity contribution in [3.63, 3.8) is 0 Å². The van der Waals surface area contributed by atoms with Gasteiger partial charge in [0, 0.05) is 17.8 Å². The highest BCUT2D eigenvalue weighted by Gasteiger charge is 2.52. The minimum Gasteiger partial charge on any atom is -0.493 e. The van der Waals surface area contributed by atoms with Gasteiger partial charge in [0.2, 0.25) is 5.91 Å². The Morgan fingerprint density at radius 2 is 1.66 bits per heavy atom. The monoisotopic (exact) mass is 416 g/mol. The van der Waals surface area contributed by atoms with Crippen LogP contribution in [0.15, 0.2) is 47.4 Å². The van der Waals surface area contributed by atoms with E-state index in [1.807, 2.05) is 12.1 Å². The van der Waals surface area contributed by atoms with Crippen LogP contribution in [-0.2, 0) is 20.2 Å². The smallest absolute Gasteiger partial charge is 0.262 e. The molecule has 0 heterocycles. The van der Waals surface area contributed by atoms with Crippen LogP contribution in [0, 0.1) is 0 Å². The topological polar surface area (TPSA) is 93.7 Å². The maximum absolute atomic E-state index is 12.7. The number of amides is 1. The second-order valence-corrected chi connectivity index (χ2v) is 9.21. The van der Waals surface area contributed by atoms with E-state index in [2.05, 4.69) is 10.0 Å². The highest BCUT2D eigenvalue weighted by atomic mass is 32.2. The second kappa shape index (κ2) is 7.26. The van der Waals surface area contributed by atoms with Gasteiger partial charge in [0.15, 0.2) is 11.5 Å². The van der Waals surface area contributed by atoms with E-state index in [-0.39, 0.29) is 10.8 Å². The highest BCUT2D eigenvalue weighted by Crippen LogP contribution is 2.49. The summed E-state index contributed by atoms with van der Waals surface area (Å²) < 4.78 is 38.4. The van der Waals surface area contributed by atoms with Crippen molar-refractivity contribution in [2.45, 2.75) is 42.0 Å². The van der Waals surface area contributed by atoms with E-state index in [0.29, 0.717) is 23.2 Å². The van der Waals surface area contributed by atoms with Gasteiger partial charge in [0.05, 0.1) is 24.5 Å². The molecule has 2 saturated carbocycles. The fraction of sp³-hybridized carbons (Fsp3) is 0.381. The largest absolute Gasteiger partial charge is 0.493 e. The molecule has 8 heteroatoms. The van der Waals surface area contributed by atoms with Gasteiger partial charge < -0.3 is 14.8 Å². The molecular weight excluding hydrogens is 392 g/mol. The van der Waals surface area contributed by atoms with Crippen LogP contribution < -0.4 is 19.5 Å². The first kappa shape index (κ1) is 19.6. The van der Waals surface area contributed by atoms with E-state index in [0.717, 1.165) is 31.2 Å². The van der Waals surface area contributed by atoms with Crippen LogP contribution in [0.25, 0.3) is 0 Å². The van der Waals surface area contributed by atoms with E-state index >= 15 is 0 Å². The summed E-state index contributed by atoms with van der Waals surface area (Å²) in [5, 5.41) is 3.08. The number of anilines is 1. The molecule has 0 aromatic heterocycles. The average molecular weight is 416 g/mol. The molecule has 0 spiro atoms. The number of nitrogens with one attached hydrogen (secondary N) is 2. The molecule has 4 rings (SSSR count). The van der Waals surface area contributed by atoms with Crippen molar-refractivity contribution >= 4 is 21.6 Å². The normalized spacial score (nSPS) is 17.3. The number of carbonyl (C=O) groups is 1. The Hall–Kier alpha value is -2.74. The molecule has 29 heavy (non-hydrogen) atoms.